The summed E-state index contributed by atoms with van der Waals surface area (Å²) in [6.45, 7) is 8.66. The lowest BCUT2D eigenvalue weighted by atomic mass is 10.1. The van der Waals surface area contributed by atoms with Crippen LogP contribution in [0.5, 0.6) is 0 Å². The normalized spacial score (nSPS) is 12.1. The minimum Gasteiger partial charge on any atom is -0.352 e. The zero-order chi connectivity index (χ0) is 20.6. The van der Waals surface area contributed by atoms with Crippen molar-refractivity contribution < 1.29 is 9.59 Å². The summed E-state index contributed by atoms with van der Waals surface area (Å²) in [5, 5.41) is 5.93. The fourth-order valence-corrected chi connectivity index (χ4v) is 2.88. The minimum atomic E-state index is -0.346. The van der Waals surface area contributed by atoms with Gasteiger partial charge >= 0.3 is 6.03 Å². The highest BCUT2D eigenvalue weighted by Crippen LogP contribution is 2.21. The molecular formula is C23H31N3O2. The average molecular weight is 382 g/mol. The fourth-order valence-electron chi connectivity index (χ4n) is 2.88. The van der Waals surface area contributed by atoms with Crippen LogP contribution in [0.15, 0.2) is 60.7 Å². The van der Waals surface area contributed by atoms with Gasteiger partial charge in [-0.2, -0.15) is 0 Å². The maximum absolute atomic E-state index is 12.8. The van der Waals surface area contributed by atoms with Crippen molar-refractivity contribution in [1.29, 1.82) is 0 Å². The van der Waals surface area contributed by atoms with Crippen molar-refractivity contribution in [3.63, 3.8) is 0 Å². The SMILES string of the molecule is CC(c1ccccc1)N(CCC(=O)NCc1ccccc1)C(=O)NC(C)(C)C. The Balaban J connectivity index is 2.00. The van der Waals surface area contributed by atoms with Gasteiger partial charge in [-0.1, -0.05) is 60.7 Å². The summed E-state index contributed by atoms with van der Waals surface area (Å²) in [5.74, 6) is -0.0716. The van der Waals surface area contributed by atoms with Crippen LogP contribution in [0.2, 0.25) is 0 Å². The maximum Gasteiger partial charge on any atom is 0.318 e. The summed E-state index contributed by atoms with van der Waals surface area (Å²) in [4.78, 5) is 26.9. The van der Waals surface area contributed by atoms with Crippen LogP contribution in [-0.2, 0) is 11.3 Å². The third kappa shape index (κ3) is 7.06. The van der Waals surface area contributed by atoms with Crippen molar-refractivity contribution >= 4 is 11.9 Å². The summed E-state index contributed by atoms with van der Waals surface area (Å²) >= 11 is 0. The molecule has 28 heavy (non-hydrogen) atoms. The van der Waals surface area contributed by atoms with E-state index in [2.05, 4.69) is 10.6 Å². The molecule has 150 valence electrons. The van der Waals surface area contributed by atoms with Crippen molar-refractivity contribution in [1.82, 2.24) is 15.5 Å². The molecule has 0 aliphatic heterocycles. The first-order valence-corrected chi connectivity index (χ1v) is 9.70. The third-order valence-electron chi connectivity index (χ3n) is 4.40. The monoisotopic (exact) mass is 381 g/mol. The lowest BCUT2D eigenvalue weighted by Gasteiger charge is -2.33. The largest absolute Gasteiger partial charge is 0.352 e. The highest BCUT2D eigenvalue weighted by atomic mass is 16.2. The van der Waals surface area contributed by atoms with E-state index in [1.807, 2.05) is 88.4 Å². The number of nitrogens with zero attached hydrogens (tertiary/aromatic N) is 1. The number of rotatable bonds is 7. The number of urea groups is 1. The van der Waals surface area contributed by atoms with E-state index < -0.39 is 0 Å². The number of carbonyl (C=O) groups excluding carboxylic acids is 2. The van der Waals surface area contributed by atoms with Crippen molar-refractivity contribution in [3.8, 4) is 0 Å². The van der Waals surface area contributed by atoms with Gasteiger partial charge in [0.2, 0.25) is 5.91 Å². The number of hydrogen-bond acceptors (Lipinski definition) is 2. The molecule has 2 N–H and O–H groups in total. The molecule has 0 aromatic heterocycles. The number of carbonyl (C=O) groups is 2. The van der Waals surface area contributed by atoms with Gasteiger partial charge < -0.3 is 15.5 Å². The average Bonchev–Trinajstić information content (AvgIpc) is 2.66. The summed E-state index contributed by atoms with van der Waals surface area (Å²) in [6.07, 6.45) is 0.252. The Labute approximate surface area is 168 Å². The second-order valence-electron chi connectivity index (χ2n) is 7.97. The minimum absolute atomic E-state index is 0.0716. The van der Waals surface area contributed by atoms with Crippen LogP contribution in [0.25, 0.3) is 0 Å². The van der Waals surface area contributed by atoms with Crippen molar-refractivity contribution in [2.24, 2.45) is 0 Å². The zero-order valence-corrected chi connectivity index (χ0v) is 17.2. The van der Waals surface area contributed by atoms with Crippen molar-refractivity contribution in [3.05, 3.63) is 71.8 Å². The fraction of sp³-hybridized carbons (Fsp3) is 0.391. The van der Waals surface area contributed by atoms with E-state index in [1.165, 1.54) is 0 Å². The molecule has 0 aliphatic rings. The molecule has 0 fully saturated rings. The van der Waals surface area contributed by atoms with Gasteiger partial charge in [-0.15, -0.1) is 0 Å². The third-order valence-corrected chi connectivity index (χ3v) is 4.40. The highest BCUT2D eigenvalue weighted by Gasteiger charge is 2.25. The Morgan fingerprint density at radius 1 is 0.964 bits per heavy atom. The highest BCUT2D eigenvalue weighted by molar-refractivity contribution is 5.78. The molecule has 2 aromatic rings. The predicted octanol–water partition coefficient (Wildman–Crippen LogP) is 4.26. The van der Waals surface area contributed by atoms with Gasteiger partial charge in [0.1, 0.15) is 0 Å². The van der Waals surface area contributed by atoms with Gasteiger partial charge in [0.25, 0.3) is 0 Å². The van der Waals surface area contributed by atoms with Gasteiger partial charge in [-0.3, -0.25) is 4.79 Å². The maximum atomic E-state index is 12.8. The Bertz CT molecular complexity index is 754. The van der Waals surface area contributed by atoms with Crippen LogP contribution in [0, 0.1) is 0 Å². The van der Waals surface area contributed by atoms with Crippen molar-refractivity contribution in [2.45, 2.75) is 52.2 Å². The second kappa shape index (κ2) is 9.93. The number of amides is 3. The molecule has 0 radical (unpaired) electrons. The molecule has 5 nitrogen and oxygen atoms in total. The van der Waals surface area contributed by atoms with Gasteiger partial charge in [-0.25, -0.2) is 4.79 Å². The molecule has 5 heteroatoms. The van der Waals surface area contributed by atoms with E-state index >= 15 is 0 Å². The molecular weight excluding hydrogens is 350 g/mol. The first-order chi connectivity index (χ1) is 13.3. The Morgan fingerprint density at radius 3 is 2.11 bits per heavy atom. The van der Waals surface area contributed by atoms with Gasteiger partial charge in [0, 0.05) is 25.0 Å². The Kier molecular flexibility index (Phi) is 7.61. The lowest BCUT2D eigenvalue weighted by molar-refractivity contribution is -0.121. The number of hydrogen-bond donors (Lipinski definition) is 2. The summed E-state index contributed by atoms with van der Waals surface area (Å²) in [6, 6.07) is 19.3. The van der Waals surface area contributed by atoms with E-state index in [9.17, 15) is 9.59 Å². The molecule has 0 heterocycles. The van der Waals surface area contributed by atoms with Gasteiger partial charge in [-0.05, 0) is 38.8 Å². The molecule has 2 rings (SSSR count). The topological polar surface area (TPSA) is 61.4 Å². The molecule has 0 spiro atoms. The van der Waals surface area contributed by atoms with Crippen LogP contribution in [0.3, 0.4) is 0 Å². The smallest absolute Gasteiger partial charge is 0.318 e. The molecule has 3 amide bonds. The molecule has 0 saturated carbocycles. The van der Waals surface area contributed by atoms with E-state index in [0.29, 0.717) is 13.1 Å². The van der Waals surface area contributed by atoms with Crippen LogP contribution in [-0.4, -0.2) is 28.9 Å². The molecule has 1 unspecified atom stereocenters. The Morgan fingerprint density at radius 2 is 1.54 bits per heavy atom. The van der Waals surface area contributed by atoms with Crippen molar-refractivity contribution in [2.75, 3.05) is 6.54 Å². The molecule has 2 aromatic carbocycles. The molecule has 1 atom stereocenters. The second-order valence-corrected chi connectivity index (χ2v) is 7.97. The van der Waals surface area contributed by atoms with Gasteiger partial charge in [0.05, 0.1) is 6.04 Å². The van der Waals surface area contributed by atoms with Crippen LogP contribution in [0.1, 0.15) is 51.3 Å². The van der Waals surface area contributed by atoms with E-state index in [0.717, 1.165) is 11.1 Å². The molecule has 0 saturated heterocycles. The van der Waals surface area contributed by atoms with Crippen LogP contribution < -0.4 is 10.6 Å². The summed E-state index contributed by atoms with van der Waals surface area (Å²) in [7, 11) is 0. The summed E-state index contributed by atoms with van der Waals surface area (Å²) < 4.78 is 0. The standard InChI is InChI=1S/C23H31N3O2/c1-18(20-13-9-6-10-14-20)26(22(28)25-23(2,3)4)16-15-21(27)24-17-19-11-7-5-8-12-19/h5-14,18H,15-17H2,1-4H3,(H,24,27)(H,25,28). The summed E-state index contributed by atoms with van der Waals surface area (Å²) in [5.41, 5.74) is 1.74. The first kappa shape index (κ1) is 21.5. The van der Waals surface area contributed by atoms with Crippen LogP contribution in [0.4, 0.5) is 4.79 Å². The molecule has 0 aliphatic carbocycles. The van der Waals surface area contributed by atoms with E-state index in [4.69, 9.17) is 0 Å². The van der Waals surface area contributed by atoms with E-state index in [1.54, 1.807) is 4.90 Å². The molecule has 0 bridgehead atoms. The predicted molar refractivity (Wildman–Crippen MR) is 113 cm³/mol. The zero-order valence-electron chi connectivity index (χ0n) is 17.2. The quantitative estimate of drug-likeness (QED) is 0.753. The number of benzene rings is 2. The first-order valence-electron chi connectivity index (χ1n) is 9.70. The Hall–Kier alpha value is -2.82. The van der Waals surface area contributed by atoms with Gasteiger partial charge in [0.15, 0.2) is 0 Å². The number of nitrogens with one attached hydrogen (secondary N) is 2. The van der Waals surface area contributed by atoms with E-state index in [-0.39, 0.29) is 29.9 Å². The lowest BCUT2D eigenvalue weighted by Crippen LogP contribution is -2.50. The van der Waals surface area contributed by atoms with Crippen LogP contribution >= 0.6 is 0 Å².